The number of ether oxygens (including phenoxy) is 1. The Kier molecular flexibility index (Phi) is 55.3. The molecule has 77 heavy (non-hydrogen) atoms. The van der Waals surface area contributed by atoms with E-state index in [0.717, 1.165) is 89.9 Å². The summed E-state index contributed by atoms with van der Waals surface area (Å²) in [6.07, 6.45) is 71.8. The summed E-state index contributed by atoms with van der Waals surface area (Å²) in [7, 11) is 1.18. The summed E-state index contributed by atoms with van der Waals surface area (Å²) in [4.78, 5) is 40.1. The summed E-state index contributed by atoms with van der Waals surface area (Å²) in [5.41, 5.74) is 0. The maximum absolute atomic E-state index is 13.6. The van der Waals surface area contributed by atoms with E-state index in [9.17, 15) is 19.0 Å². The second kappa shape index (κ2) is 57.0. The number of hydrogen-bond donors (Lipinski definition) is 1. The molecule has 0 aliphatic heterocycles. The van der Waals surface area contributed by atoms with Crippen molar-refractivity contribution in [3.8, 4) is 0 Å². The molecule has 0 aromatic rings. The first-order valence-electron chi connectivity index (χ1n) is 32.6. The topological polar surface area (TPSA) is 114 Å². The molecule has 3 atom stereocenters. The molecule has 3 unspecified atom stereocenters. The fraction of sp³-hybridized carbons (Fsp3) is 0.821. The predicted octanol–water partition coefficient (Wildman–Crippen LogP) is 19.6. The van der Waals surface area contributed by atoms with Gasteiger partial charge in [0.25, 0.3) is 7.82 Å². The van der Waals surface area contributed by atoms with Crippen LogP contribution in [0, 0.1) is 0 Å². The summed E-state index contributed by atoms with van der Waals surface area (Å²) in [5, 5.41) is 3.03. The van der Waals surface area contributed by atoms with Crippen LogP contribution < -0.4 is 10.2 Å². The Morgan fingerprint density at radius 3 is 1.21 bits per heavy atom. The summed E-state index contributed by atoms with van der Waals surface area (Å²) in [6, 6.07) is -0.896. The second-order valence-corrected chi connectivity index (χ2v) is 24.7. The van der Waals surface area contributed by atoms with E-state index in [2.05, 4.69) is 74.7 Å². The molecular weight excluding hydrogens is 976 g/mol. The van der Waals surface area contributed by atoms with Crippen LogP contribution in [0.15, 0.2) is 60.8 Å². The molecule has 0 bridgehead atoms. The SMILES string of the molecule is CCCCC/C=C\C/C=C\C/C=C\C/C=C\CCCCCCCC(=O)OC(/C=C/CCCCCCCCCCCCC)C(COP(=O)([O-])OCC[N+](C)(C)C)NC(=O)CCCCCCCCCCCCCCCCCCC. The first kappa shape index (κ1) is 74.7. The molecular formula is C67H125N2O7P. The van der Waals surface area contributed by atoms with Crippen molar-refractivity contribution < 1.29 is 37.3 Å². The molecule has 9 nitrogen and oxygen atoms in total. The number of nitrogens with zero attached hydrogens (tertiary/aromatic N) is 1. The number of carbonyl (C=O) groups is 2. The summed E-state index contributed by atoms with van der Waals surface area (Å²) < 4.78 is 30.4. The Morgan fingerprint density at radius 2 is 0.792 bits per heavy atom. The van der Waals surface area contributed by atoms with Gasteiger partial charge in [0.15, 0.2) is 0 Å². The van der Waals surface area contributed by atoms with Gasteiger partial charge in [-0.05, 0) is 76.7 Å². The largest absolute Gasteiger partial charge is 0.756 e. The average Bonchev–Trinajstić information content (AvgIpc) is 3.39. The van der Waals surface area contributed by atoms with E-state index >= 15 is 0 Å². The van der Waals surface area contributed by atoms with E-state index < -0.39 is 26.6 Å². The number of quaternary nitrogens is 1. The minimum absolute atomic E-state index is 0.0254. The van der Waals surface area contributed by atoms with E-state index in [1.54, 1.807) is 0 Å². The van der Waals surface area contributed by atoms with Gasteiger partial charge in [0.2, 0.25) is 5.91 Å². The zero-order valence-electron chi connectivity index (χ0n) is 51.4. The number of unbranched alkanes of at least 4 members (excludes halogenated alkanes) is 35. The molecule has 0 rings (SSSR count). The van der Waals surface area contributed by atoms with E-state index in [1.165, 1.54) is 173 Å². The van der Waals surface area contributed by atoms with Crippen molar-refractivity contribution in [2.75, 3.05) is 40.9 Å². The number of likely N-dealkylation sites (N-methyl/N-ethyl adjacent to an activating group) is 1. The van der Waals surface area contributed by atoms with Gasteiger partial charge in [-0.15, -0.1) is 0 Å². The van der Waals surface area contributed by atoms with Crippen LogP contribution in [-0.2, 0) is 27.9 Å². The smallest absolute Gasteiger partial charge is 0.306 e. The molecule has 450 valence electrons. The monoisotopic (exact) mass is 1100 g/mol. The molecule has 0 aromatic heterocycles. The highest BCUT2D eigenvalue weighted by Crippen LogP contribution is 2.38. The van der Waals surface area contributed by atoms with Crippen molar-refractivity contribution >= 4 is 19.7 Å². The van der Waals surface area contributed by atoms with Crippen molar-refractivity contribution in [3.63, 3.8) is 0 Å². The molecule has 0 saturated carbocycles. The van der Waals surface area contributed by atoms with Crippen molar-refractivity contribution in [1.29, 1.82) is 0 Å². The number of nitrogens with one attached hydrogen (secondary N) is 1. The lowest BCUT2D eigenvalue weighted by atomic mass is 10.0. The zero-order valence-corrected chi connectivity index (χ0v) is 52.3. The minimum Gasteiger partial charge on any atom is -0.756 e. The minimum atomic E-state index is -4.70. The molecule has 0 fully saturated rings. The van der Waals surface area contributed by atoms with Gasteiger partial charge in [0.05, 0.1) is 33.8 Å². The second-order valence-electron chi connectivity index (χ2n) is 23.3. The number of esters is 1. The molecule has 0 aliphatic rings. The number of hydrogen-bond acceptors (Lipinski definition) is 7. The Hall–Kier alpha value is -2.29. The van der Waals surface area contributed by atoms with Crippen molar-refractivity contribution in [2.45, 2.75) is 315 Å². The highest BCUT2D eigenvalue weighted by Gasteiger charge is 2.27. The fourth-order valence-electron chi connectivity index (χ4n) is 9.39. The van der Waals surface area contributed by atoms with E-state index in [0.29, 0.717) is 23.9 Å². The predicted molar refractivity (Wildman–Crippen MR) is 330 cm³/mol. The molecule has 1 amide bonds. The molecule has 0 spiro atoms. The average molecular weight is 1100 g/mol. The number of allylic oxidation sites excluding steroid dienone is 9. The van der Waals surface area contributed by atoms with Gasteiger partial charge in [-0.25, -0.2) is 0 Å². The van der Waals surface area contributed by atoms with Crippen LogP contribution in [0.4, 0.5) is 0 Å². The first-order valence-corrected chi connectivity index (χ1v) is 34.1. The first-order chi connectivity index (χ1) is 37.4. The highest BCUT2D eigenvalue weighted by atomic mass is 31.2. The maximum atomic E-state index is 13.6. The van der Waals surface area contributed by atoms with Crippen LogP contribution in [-0.4, -0.2) is 69.4 Å². The van der Waals surface area contributed by atoms with Gasteiger partial charge in [0.1, 0.15) is 19.3 Å². The highest BCUT2D eigenvalue weighted by molar-refractivity contribution is 7.45. The van der Waals surface area contributed by atoms with E-state index in [4.69, 9.17) is 13.8 Å². The number of amides is 1. The zero-order chi connectivity index (χ0) is 56.4. The van der Waals surface area contributed by atoms with Crippen LogP contribution in [0.5, 0.6) is 0 Å². The third-order valence-corrected chi connectivity index (χ3v) is 15.4. The molecule has 0 radical (unpaired) electrons. The van der Waals surface area contributed by atoms with Gasteiger partial charge >= 0.3 is 5.97 Å². The molecule has 0 heterocycles. The number of rotatable bonds is 59. The Balaban J connectivity index is 5.27. The third-order valence-electron chi connectivity index (χ3n) is 14.5. The summed E-state index contributed by atoms with van der Waals surface area (Å²) in [6.45, 7) is 6.83. The van der Waals surface area contributed by atoms with E-state index in [1.807, 2.05) is 33.3 Å². The number of phosphoric acid groups is 1. The summed E-state index contributed by atoms with van der Waals surface area (Å²) in [5.74, 6) is -0.551. The molecule has 0 aromatic carbocycles. The maximum Gasteiger partial charge on any atom is 0.306 e. The lowest BCUT2D eigenvalue weighted by Gasteiger charge is -2.30. The van der Waals surface area contributed by atoms with Crippen LogP contribution in [0.25, 0.3) is 0 Å². The molecule has 0 aliphatic carbocycles. The lowest BCUT2D eigenvalue weighted by molar-refractivity contribution is -0.870. The van der Waals surface area contributed by atoms with Crippen LogP contribution in [0.2, 0.25) is 0 Å². The van der Waals surface area contributed by atoms with Crippen molar-refractivity contribution in [1.82, 2.24) is 5.32 Å². The van der Waals surface area contributed by atoms with Crippen molar-refractivity contribution in [2.24, 2.45) is 0 Å². The van der Waals surface area contributed by atoms with Gasteiger partial charge in [0, 0.05) is 12.8 Å². The normalized spacial score (nSPS) is 14.0. The van der Waals surface area contributed by atoms with Gasteiger partial charge in [-0.1, -0.05) is 275 Å². The van der Waals surface area contributed by atoms with Gasteiger partial charge < -0.3 is 28.5 Å². The fourth-order valence-corrected chi connectivity index (χ4v) is 10.1. The number of phosphoric ester groups is 1. The quantitative estimate of drug-likeness (QED) is 0.0212. The third kappa shape index (κ3) is 58.2. The molecule has 0 saturated heterocycles. The number of carbonyl (C=O) groups excluding carboxylic acids is 2. The standard InChI is InChI=1S/C67H125N2O7P/c1-7-10-13-16-19-22-25-28-30-32-33-34-35-37-39-42-45-48-51-54-57-60-67(71)76-65(58-55-52-49-46-43-40-27-24-21-18-15-12-9-3)64(63-75-77(72,73)74-62-61-69(4,5)6)68-66(70)59-56-53-50-47-44-41-38-36-31-29-26-23-20-17-14-11-8-2/h19,22,28,30,33-34,37,39,55,58,64-65H,7-18,20-21,23-27,29,31-32,35-36,38,40-54,56-57,59-63H2,1-6H3,(H-,68,70,72,73)/b22-19-,30-28-,34-33-,39-37-,58-55+. The van der Waals surface area contributed by atoms with E-state index in [-0.39, 0.29) is 24.9 Å². The Bertz CT molecular complexity index is 1500. The molecule has 10 heteroatoms. The Morgan fingerprint density at radius 1 is 0.455 bits per heavy atom. The van der Waals surface area contributed by atoms with Gasteiger partial charge in [-0.2, -0.15) is 0 Å². The molecule has 1 N–H and O–H groups in total. The lowest BCUT2D eigenvalue weighted by Crippen LogP contribution is -2.47. The van der Waals surface area contributed by atoms with Gasteiger partial charge in [-0.3, -0.25) is 14.2 Å². The van der Waals surface area contributed by atoms with Crippen LogP contribution in [0.3, 0.4) is 0 Å². The van der Waals surface area contributed by atoms with Crippen LogP contribution in [0.1, 0.15) is 303 Å². The Labute approximate surface area is 477 Å². The summed E-state index contributed by atoms with van der Waals surface area (Å²) >= 11 is 0. The van der Waals surface area contributed by atoms with Crippen molar-refractivity contribution in [3.05, 3.63) is 60.8 Å². The van der Waals surface area contributed by atoms with Crippen LogP contribution >= 0.6 is 7.82 Å².